The summed E-state index contributed by atoms with van der Waals surface area (Å²) in [5.74, 6) is -1.36. The van der Waals surface area contributed by atoms with Crippen molar-refractivity contribution in [2.75, 3.05) is 12.3 Å². The Morgan fingerprint density at radius 3 is 2.73 bits per heavy atom. The number of benzene rings is 1. The highest BCUT2D eigenvalue weighted by atomic mass is 35.5. The molecule has 2 N–H and O–H groups in total. The average molecular weight is 385 g/mol. The molecule has 0 aliphatic carbocycles. The van der Waals surface area contributed by atoms with Crippen LogP contribution in [0.1, 0.15) is 0 Å². The highest BCUT2D eigenvalue weighted by Crippen LogP contribution is 2.29. The molecule has 0 spiro atoms. The zero-order valence-electron chi connectivity index (χ0n) is 10.8. The minimum Gasteiger partial charge on any atom is -0.342 e. The van der Waals surface area contributed by atoms with Crippen LogP contribution < -0.4 is 5.32 Å². The molecule has 0 bridgehead atoms. The van der Waals surface area contributed by atoms with Crippen LogP contribution in [0.2, 0.25) is 10.0 Å². The molecule has 1 atom stereocenters. The Bertz CT molecular complexity index is 725. The summed E-state index contributed by atoms with van der Waals surface area (Å²) in [5, 5.41) is 3.29. The first-order valence-corrected chi connectivity index (χ1v) is 8.98. The van der Waals surface area contributed by atoms with Gasteiger partial charge in [-0.05, 0) is 18.2 Å². The standard InChI is InChI=1S/C11H10Cl2N2O5S2/c12-6-1-2-7(13)9(3-6)21-5-10(16)14-8-4-15(11(8)17)22(18,19)20/h1-3,8H,4-5H2,(H,14,16)(H,18,19,20)/t8-/m0/s1. The molecule has 7 nitrogen and oxygen atoms in total. The van der Waals surface area contributed by atoms with Crippen molar-refractivity contribution in [1.29, 1.82) is 0 Å². The van der Waals surface area contributed by atoms with Crippen molar-refractivity contribution in [3.05, 3.63) is 28.2 Å². The Balaban J connectivity index is 1.85. The number of thioether (sulfide) groups is 1. The van der Waals surface area contributed by atoms with E-state index >= 15 is 0 Å². The fraction of sp³-hybridized carbons (Fsp3) is 0.273. The number of β-lactam (4-membered cyclic amide) rings is 1. The molecular formula is C11H10Cl2N2O5S2. The lowest BCUT2D eigenvalue weighted by atomic mass is 10.1. The Morgan fingerprint density at radius 1 is 1.45 bits per heavy atom. The van der Waals surface area contributed by atoms with Gasteiger partial charge in [0.25, 0.3) is 5.91 Å². The molecule has 1 heterocycles. The summed E-state index contributed by atoms with van der Waals surface area (Å²) in [6.45, 7) is -0.286. The lowest BCUT2D eigenvalue weighted by molar-refractivity contribution is -0.140. The van der Waals surface area contributed by atoms with Gasteiger partial charge in [-0.1, -0.05) is 23.2 Å². The highest BCUT2D eigenvalue weighted by Gasteiger charge is 2.44. The Kier molecular flexibility index (Phi) is 5.23. The van der Waals surface area contributed by atoms with Gasteiger partial charge in [0.2, 0.25) is 5.91 Å². The molecule has 0 saturated carbocycles. The largest absolute Gasteiger partial charge is 0.362 e. The van der Waals surface area contributed by atoms with Crippen LogP contribution in [0.5, 0.6) is 0 Å². The maximum atomic E-state index is 11.7. The molecule has 0 aromatic heterocycles. The molecule has 120 valence electrons. The number of amides is 2. The van der Waals surface area contributed by atoms with Crippen LogP contribution in [-0.2, 0) is 19.9 Å². The lowest BCUT2D eigenvalue weighted by Crippen LogP contribution is -2.65. The fourth-order valence-electron chi connectivity index (χ4n) is 1.68. The first-order valence-electron chi connectivity index (χ1n) is 5.84. The normalized spacial score (nSPS) is 18.0. The summed E-state index contributed by atoms with van der Waals surface area (Å²) in [6.07, 6.45) is 0. The van der Waals surface area contributed by atoms with E-state index < -0.39 is 28.2 Å². The van der Waals surface area contributed by atoms with Gasteiger partial charge in [0.05, 0.1) is 17.3 Å². The summed E-state index contributed by atoms with van der Waals surface area (Å²) >= 11 is 12.9. The Hall–Kier alpha value is -1.00. The molecule has 1 aliphatic rings. The molecule has 1 aromatic carbocycles. The van der Waals surface area contributed by atoms with Gasteiger partial charge in [0, 0.05) is 9.92 Å². The van der Waals surface area contributed by atoms with Crippen LogP contribution >= 0.6 is 35.0 Å². The second-order valence-electron chi connectivity index (χ2n) is 4.33. The SMILES string of the molecule is O=C(CSc1cc(Cl)ccc1Cl)N[C@H]1CN(S(=O)(=O)O)C1=O. The van der Waals surface area contributed by atoms with Crippen LogP contribution in [0.15, 0.2) is 23.1 Å². The van der Waals surface area contributed by atoms with E-state index in [9.17, 15) is 18.0 Å². The highest BCUT2D eigenvalue weighted by molar-refractivity contribution is 8.00. The molecule has 0 radical (unpaired) electrons. The zero-order valence-corrected chi connectivity index (χ0v) is 14.0. The summed E-state index contributed by atoms with van der Waals surface area (Å²) in [5.41, 5.74) is 0. The van der Waals surface area contributed by atoms with E-state index in [4.69, 9.17) is 27.8 Å². The molecular weight excluding hydrogens is 375 g/mol. The van der Waals surface area contributed by atoms with Gasteiger partial charge >= 0.3 is 10.3 Å². The third-order valence-corrected chi connectivity index (χ3v) is 5.38. The van der Waals surface area contributed by atoms with Crippen LogP contribution in [0.3, 0.4) is 0 Å². The lowest BCUT2D eigenvalue weighted by Gasteiger charge is -2.35. The van der Waals surface area contributed by atoms with Crippen molar-refractivity contribution in [3.8, 4) is 0 Å². The second-order valence-corrected chi connectivity index (χ2v) is 7.53. The fourth-order valence-corrected chi connectivity index (χ4v) is 3.67. The third kappa shape index (κ3) is 4.05. The summed E-state index contributed by atoms with van der Waals surface area (Å²) in [6, 6.07) is 3.87. The number of hydrogen-bond acceptors (Lipinski definition) is 5. The summed E-state index contributed by atoms with van der Waals surface area (Å²) in [7, 11) is -4.55. The van der Waals surface area contributed by atoms with Gasteiger partial charge in [0.1, 0.15) is 6.04 Å². The number of nitrogens with one attached hydrogen (secondary N) is 1. The van der Waals surface area contributed by atoms with Gasteiger partial charge in [-0.3, -0.25) is 14.1 Å². The van der Waals surface area contributed by atoms with Crippen molar-refractivity contribution in [2.24, 2.45) is 0 Å². The molecule has 2 amide bonds. The van der Waals surface area contributed by atoms with Gasteiger partial charge in [0.15, 0.2) is 0 Å². The van der Waals surface area contributed by atoms with Crippen molar-refractivity contribution in [3.63, 3.8) is 0 Å². The van der Waals surface area contributed by atoms with Gasteiger partial charge in [-0.15, -0.1) is 11.8 Å². The summed E-state index contributed by atoms with van der Waals surface area (Å²) < 4.78 is 30.5. The van der Waals surface area contributed by atoms with E-state index in [0.29, 0.717) is 14.9 Å². The first kappa shape index (κ1) is 17.4. The van der Waals surface area contributed by atoms with Crippen molar-refractivity contribution in [2.45, 2.75) is 10.9 Å². The second kappa shape index (κ2) is 6.63. The summed E-state index contributed by atoms with van der Waals surface area (Å²) in [4.78, 5) is 23.8. The predicted octanol–water partition coefficient (Wildman–Crippen LogP) is 1.22. The van der Waals surface area contributed by atoms with E-state index in [-0.39, 0.29) is 16.6 Å². The number of hydrogen-bond donors (Lipinski definition) is 2. The minimum absolute atomic E-state index is 0.0181. The molecule has 1 aromatic rings. The van der Waals surface area contributed by atoms with Gasteiger partial charge in [-0.25, -0.2) is 4.31 Å². The topological polar surface area (TPSA) is 104 Å². The average Bonchev–Trinajstić information content (AvgIpc) is 2.42. The molecule has 1 saturated heterocycles. The molecule has 1 fully saturated rings. The Labute approximate surface area is 140 Å². The molecule has 22 heavy (non-hydrogen) atoms. The zero-order chi connectivity index (χ0) is 16.5. The first-order chi connectivity index (χ1) is 10.2. The van der Waals surface area contributed by atoms with E-state index in [1.807, 2.05) is 0 Å². The third-order valence-electron chi connectivity index (χ3n) is 2.76. The van der Waals surface area contributed by atoms with Crippen LogP contribution in [0, 0.1) is 0 Å². The number of halogens is 2. The molecule has 2 rings (SSSR count). The predicted molar refractivity (Wildman–Crippen MR) is 82.4 cm³/mol. The monoisotopic (exact) mass is 384 g/mol. The number of carbonyl (C=O) groups excluding carboxylic acids is 2. The van der Waals surface area contributed by atoms with Crippen molar-refractivity contribution in [1.82, 2.24) is 9.62 Å². The molecule has 1 aliphatic heterocycles. The quantitative estimate of drug-likeness (QED) is 0.449. The van der Waals surface area contributed by atoms with Crippen LogP contribution in [-0.4, -0.2) is 47.4 Å². The Morgan fingerprint density at radius 2 is 2.14 bits per heavy atom. The number of rotatable bonds is 5. The van der Waals surface area contributed by atoms with Crippen molar-refractivity contribution >= 4 is 57.1 Å². The van der Waals surface area contributed by atoms with Crippen LogP contribution in [0.25, 0.3) is 0 Å². The van der Waals surface area contributed by atoms with E-state index in [1.165, 1.54) is 0 Å². The van der Waals surface area contributed by atoms with Gasteiger partial charge < -0.3 is 5.32 Å². The van der Waals surface area contributed by atoms with Crippen molar-refractivity contribution < 1.29 is 22.6 Å². The van der Waals surface area contributed by atoms with E-state index in [2.05, 4.69) is 5.32 Å². The van der Waals surface area contributed by atoms with Gasteiger partial charge in [-0.2, -0.15) is 8.42 Å². The van der Waals surface area contributed by atoms with Crippen LogP contribution in [0.4, 0.5) is 0 Å². The number of carbonyl (C=O) groups is 2. The molecule has 11 heteroatoms. The van der Waals surface area contributed by atoms with E-state index in [1.54, 1.807) is 18.2 Å². The number of nitrogens with zero attached hydrogens (tertiary/aromatic N) is 1. The molecule has 0 unspecified atom stereocenters. The maximum Gasteiger partial charge on any atom is 0.362 e. The minimum atomic E-state index is -4.55. The van der Waals surface area contributed by atoms with E-state index in [0.717, 1.165) is 11.8 Å². The smallest absolute Gasteiger partial charge is 0.342 e. The maximum absolute atomic E-state index is 11.7.